The van der Waals surface area contributed by atoms with Gasteiger partial charge in [0.15, 0.2) is 0 Å². The Labute approximate surface area is 856 Å². The number of hydrogen-bond donors (Lipinski definition) is 0. The van der Waals surface area contributed by atoms with Crippen LogP contribution in [0.2, 0.25) is 0 Å². The Kier molecular flexibility index (Phi) is 38.9. The third kappa shape index (κ3) is 25.5. The molecule has 10 aromatic carbocycles. The topological polar surface area (TPSA) is 0 Å². The minimum atomic E-state index is 0.250. The first-order valence-electron chi connectivity index (χ1n) is 59.7. The zero-order valence-corrected chi connectivity index (χ0v) is 90.8. The van der Waals surface area contributed by atoms with Gasteiger partial charge in [-0.2, -0.15) is 0 Å². The predicted octanol–water partition coefficient (Wildman–Crippen LogP) is 43.3. The van der Waals surface area contributed by atoms with E-state index in [0.717, 1.165) is 0 Å². The molecule has 10 aliphatic carbocycles. The summed E-state index contributed by atoms with van der Waals surface area (Å²) < 4.78 is 0. The van der Waals surface area contributed by atoms with Crippen LogP contribution >= 0.6 is 0 Å². The van der Waals surface area contributed by atoms with Crippen LogP contribution in [0.25, 0.3) is 55.6 Å². The van der Waals surface area contributed by atoms with E-state index in [1.807, 2.05) is 0 Å². The SMILES string of the molecule is Cc1ccc2c(c1)C1(CCCCCCCCCCC1)c1cc(C)ccc1-2.Cc1ccc2c(c1)C1(CCCCCCCCCCCC1)c1cc(C)ccc1-2.Cc1ccc2c(c1)C1(CCCCCCCCCCCCC1)c1cc(C)ccc1-2.Cc1ccc2c(c1)C1(CCCCCCCCCCCCCC1)c1cc(C)ccc1-2.Cc1ccc2c(c1)C1(CCCCCCCCCCCCCCC1)c1cc(C)ccc1-2. The van der Waals surface area contributed by atoms with Crippen molar-refractivity contribution in [3.63, 3.8) is 0 Å². The van der Waals surface area contributed by atoms with Crippen molar-refractivity contribution < 1.29 is 0 Å². The third-order valence-corrected chi connectivity index (χ3v) is 36.9. The average molecular weight is 1870 g/mol. The van der Waals surface area contributed by atoms with Gasteiger partial charge in [-0.1, -0.05) is 591 Å². The maximum Gasteiger partial charge on any atom is 0.0215 e. The molecule has 0 N–H and O–H groups in total. The predicted molar refractivity (Wildman–Crippen MR) is 611 cm³/mol. The molecule has 20 rings (SSSR count). The van der Waals surface area contributed by atoms with Crippen molar-refractivity contribution in [2.24, 2.45) is 0 Å². The Morgan fingerprint density at radius 2 is 0.171 bits per heavy atom. The lowest BCUT2D eigenvalue weighted by molar-refractivity contribution is 0.389. The third-order valence-electron chi connectivity index (χ3n) is 36.9. The van der Waals surface area contributed by atoms with E-state index < -0.39 is 0 Å². The van der Waals surface area contributed by atoms with Crippen LogP contribution < -0.4 is 0 Å². The molecule has 10 aliphatic rings. The highest BCUT2D eigenvalue weighted by molar-refractivity contribution is 5.86. The first kappa shape index (κ1) is 105. The molecule has 0 aromatic heterocycles. The molecule has 0 aliphatic heterocycles. The summed E-state index contributed by atoms with van der Waals surface area (Å²) in [4.78, 5) is 0. The lowest BCUT2D eigenvalue weighted by atomic mass is 9.70. The number of fused-ring (bicyclic) bond motifs is 25. The van der Waals surface area contributed by atoms with Gasteiger partial charge in [0.2, 0.25) is 0 Å². The molecule has 10 aromatic rings. The van der Waals surface area contributed by atoms with Gasteiger partial charge in [-0.05, 0) is 245 Å². The summed E-state index contributed by atoms with van der Waals surface area (Å²) in [6, 6.07) is 72.3. The van der Waals surface area contributed by atoms with Crippen molar-refractivity contribution in [3.05, 3.63) is 293 Å². The fraction of sp³-hybridized carbons (Fsp3) is 0.571. The van der Waals surface area contributed by atoms with Crippen molar-refractivity contribution in [1.82, 2.24) is 0 Å². The van der Waals surface area contributed by atoms with E-state index in [4.69, 9.17) is 0 Å². The maximum absolute atomic E-state index is 2.53. The van der Waals surface area contributed by atoms with E-state index in [1.165, 1.54) is 529 Å². The molecule has 0 heteroatoms. The highest BCUT2D eigenvalue weighted by Gasteiger charge is 2.48. The Hall–Kier alpha value is -7.80. The van der Waals surface area contributed by atoms with Gasteiger partial charge in [0.25, 0.3) is 0 Å². The molecular formula is C140H190. The molecular weight excluding hydrogens is 1680 g/mol. The van der Waals surface area contributed by atoms with E-state index in [9.17, 15) is 0 Å². The molecule has 0 bridgehead atoms. The minimum Gasteiger partial charge on any atom is -0.0587 e. The average Bonchev–Trinajstić information content (AvgIpc) is 1.59. The molecule has 0 radical (unpaired) electrons. The van der Waals surface area contributed by atoms with E-state index in [1.54, 1.807) is 55.6 Å². The monoisotopic (exact) mass is 1870 g/mol. The molecule has 140 heavy (non-hydrogen) atoms. The van der Waals surface area contributed by atoms with Crippen LogP contribution in [0.4, 0.5) is 0 Å². The number of rotatable bonds is 0. The lowest BCUT2D eigenvalue weighted by Gasteiger charge is -2.33. The molecule has 5 spiro atoms. The molecule has 750 valence electrons. The van der Waals surface area contributed by atoms with E-state index >= 15 is 0 Å². The van der Waals surface area contributed by atoms with Gasteiger partial charge in [0.05, 0.1) is 0 Å². The van der Waals surface area contributed by atoms with Crippen molar-refractivity contribution in [1.29, 1.82) is 0 Å². The van der Waals surface area contributed by atoms with E-state index in [-0.39, 0.29) is 27.1 Å². The standard InChI is InChI=1S/C30H42.C29H40.C28H38.C27H36.C26H34/c1-24-16-18-26-27-19-17-25(2)23-29(27)30(28(26)22-24)20-14-12-10-8-6-4-3-5-7-9-11-13-15-21-30;1-23-15-17-25-26-18-16-24(2)22-28(26)29(27(25)21-23)19-13-11-9-7-5-3-4-6-8-10-12-14-20-29;1-22-14-16-24-25-17-15-23(2)21-27(25)28(26(24)20-22)18-12-10-8-6-4-3-5-7-9-11-13-19-28;1-21-13-15-23-24-16-14-22(2)20-26(24)27(25(23)19-21)17-11-9-7-5-3-4-6-8-10-12-18-27;1-20-12-14-22-23-15-13-21(2)19-25(23)26(24(22)18-20)16-10-8-6-4-3-5-7-9-11-17-26/h16-19,22-23H,3-15,20-21H2,1-2H3;15-18,21-22H,3-14,19-20H2,1-2H3;14-17,20-21H,3-13,18-19H2,1-2H3;13-16,19-20H,3-12,17-18H2,1-2H3;12-15,18-19H,3-11,16-17H2,1-2H3. The van der Waals surface area contributed by atoms with Crippen LogP contribution in [-0.4, -0.2) is 0 Å². The quantitative estimate of drug-likeness (QED) is 0.142. The molecule has 0 nitrogen and oxygen atoms in total. The van der Waals surface area contributed by atoms with Crippen LogP contribution in [0.3, 0.4) is 0 Å². The van der Waals surface area contributed by atoms with Crippen LogP contribution in [0.15, 0.2) is 182 Å². The fourth-order valence-electron chi connectivity index (χ4n) is 29.2. The molecule has 5 fully saturated rings. The normalized spacial score (nSPS) is 20.4. The molecule has 0 amide bonds. The Balaban J connectivity index is 0.000000126. The summed E-state index contributed by atoms with van der Waals surface area (Å²) in [7, 11) is 0. The Morgan fingerprint density at radius 3 is 0.250 bits per heavy atom. The van der Waals surface area contributed by atoms with Crippen molar-refractivity contribution in [2.45, 2.75) is 514 Å². The highest BCUT2D eigenvalue weighted by atomic mass is 14.5. The van der Waals surface area contributed by atoms with Crippen molar-refractivity contribution in [3.8, 4) is 55.6 Å². The van der Waals surface area contributed by atoms with Gasteiger partial charge in [0.1, 0.15) is 0 Å². The largest absolute Gasteiger partial charge is 0.0587 e. The van der Waals surface area contributed by atoms with Crippen LogP contribution in [0.1, 0.15) is 529 Å². The summed E-state index contributed by atoms with van der Waals surface area (Å²) in [5, 5.41) is 0. The Bertz CT molecular complexity index is 5240. The smallest absolute Gasteiger partial charge is 0.0215 e. The van der Waals surface area contributed by atoms with E-state index in [0.29, 0.717) is 0 Å². The second-order valence-electron chi connectivity index (χ2n) is 47.8. The van der Waals surface area contributed by atoms with Crippen LogP contribution in [-0.2, 0) is 27.1 Å². The Morgan fingerprint density at radius 1 is 0.100 bits per heavy atom. The van der Waals surface area contributed by atoms with Gasteiger partial charge < -0.3 is 0 Å². The van der Waals surface area contributed by atoms with Crippen LogP contribution in [0.5, 0.6) is 0 Å². The number of benzene rings is 10. The second kappa shape index (κ2) is 51.8. The highest BCUT2D eigenvalue weighted by Crippen LogP contribution is 2.61. The van der Waals surface area contributed by atoms with Gasteiger partial charge >= 0.3 is 0 Å². The van der Waals surface area contributed by atoms with Gasteiger partial charge in [-0.25, -0.2) is 0 Å². The van der Waals surface area contributed by atoms with Gasteiger partial charge in [-0.15, -0.1) is 0 Å². The number of aryl methyl sites for hydroxylation is 10. The fourth-order valence-corrected chi connectivity index (χ4v) is 29.2. The first-order chi connectivity index (χ1) is 68.5. The van der Waals surface area contributed by atoms with E-state index in [2.05, 4.69) is 251 Å². The molecule has 0 saturated heterocycles. The summed E-state index contributed by atoms with van der Waals surface area (Å²) in [6.45, 7) is 22.7. The zero-order valence-electron chi connectivity index (χ0n) is 90.8. The lowest BCUT2D eigenvalue weighted by Crippen LogP contribution is -2.26. The summed E-state index contributed by atoms with van der Waals surface area (Å²) in [5.74, 6) is 0. The number of hydrogen-bond acceptors (Lipinski definition) is 0. The minimum absolute atomic E-state index is 0.250. The second-order valence-corrected chi connectivity index (χ2v) is 47.8. The zero-order chi connectivity index (χ0) is 97.0. The van der Waals surface area contributed by atoms with Crippen LogP contribution in [0, 0.1) is 69.2 Å². The van der Waals surface area contributed by atoms with Crippen molar-refractivity contribution >= 4 is 0 Å². The first-order valence-corrected chi connectivity index (χ1v) is 59.7. The summed E-state index contributed by atoms with van der Waals surface area (Å²) >= 11 is 0. The van der Waals surface area contributed by atoms with Gasteiger partial charge in [-0.3, -0.25) is 0 Å². The molecule has 5 saturated carbocycles. The molecule has 0 atom stereocenters. The summed E-state index contributed by atoms with van der Waals surface area (Å²) in [5.41, 5.74) is 47.0. The van der Waals surface area contributed by atoms with Crippen molar-refractivity contribution in [2.75, 3.05) is 0 Å². The molecule has 0 unspecified atom stereocenters. The maximum atomic E-state index is 2.53. The summed E-state index contributed by atoms with van der Waals surface area (Å²) in [6.07, 6.45) is 91.7. The molecule has 0 heterocycles. The van der Waals surface area contributed by atoms with Gasteiger partial charge in [0, 0.05) is 27.1 Å².